The SMILES string of the molecule is Cc1nc(C)n(-c2ccc(C(=O)Nc3ccc(N(C)C)cn3)cc2)n1. The Morgan fingerprint density at radius 2 is 1.80 bits per heavy atom. The quantitative estimate of drug-likeness (QED) is 0.792. The summed E-state index contributed by atoms with van der Waals surface area (Å²) in [5.74, 6) is 1.83. The van der Waals surface area contributed by atoms with Gasteiger partial charge in [0.25, 0.3) is 5.91 Å². The van der Waals surface area contributed by atoms with Gasteiger partial charge in [0, 0.05) is 19.7 Å². The molecule has 128 valence electrons. The van der Waals surface area contributed by atoms with Crippen LogP contribution in [0.5, 0.6) is 0 Å². The van der Waals surface area contributed by atoms with E-state index < -0.39 is 0 Å². The number of carbonyl (C=O) groups excluding carboxylic acids is 1. The van der Waals surface area contributed by atoms with Crippen molar-refractivity contribution in [2.24, 2.45) is 0 Å². The molecule has 3 rings (SSSR count). The zero-order valence-electron chi connectivity index (χ0n) is 14.7. The van der Waals surface area contributed by atoms with Crippen LogP contribution >= 0.6 is 0 Å². The van der Waals surface area contributed by atoms with Gasteiger partial charge >= 0.3 is 0 Å². The predicted octanol–water partition coefficient (Wildman–Crippen LogP) is 2.60. The lowest BCUT2D eigenvalue weighted by Crippen LogP contribution is -2.14. The summed E-state index contributed by atoms with van der Waals surface area (Å²) in [6, 6.07) is 10.9. The summed E-state index contributed by atoms with van der Waals surface area (Å²) in [5.41, 5.74) is 2.39. The molecule has 0 aliphatic rings. The minimum absolute atomic E-state index is 0.205. The van der Waals surface area contributed by atoms with E-state index in [4.69, 9.17) is 0 Å². The van der Waals surface area contributed by atoms with E-state index in [0.29, 0.717) is 17.2 Å². The number of aromatic nitrogens is 4. The van der Waals surface area contributed by atoms with Gasteiger partial charge in [-0.25, -0.2) is 14.6 Å². The van der Waals surface area contributed by atoms with Gasteiger partial charge in [0.15, 0.2) is 0 Å². The van der Waals surface area contributed by atoms with Crippen molar-refractivity contribution >= 4 is 17.4 Å². The Balaban J connectivity index is 1.73. The Bertz CT molecular complexity index is 881. The van der Waals surface area contributed by atoms with Crippen LogP contribution in [-0.2, 0) is 0 Å². The van der Waals surface area contributed by atoms with Crippen molar-refractivity contribution in [1.29, 1.82) is 0 Å². The van der Waals surface area contributed by atoms with Crippen LogP contribution in [0.15, 0.2) is 42.6 Å². The molecule has 7 nitrogen and oxygen atoms in total. The van der Waals surface area contributed by atoms with Crippen LogP contribution in [0.4, 0.5) is 11.5 Å². The number of carbonyl (C=O) groups is 1. The first-order valence-electron chi connectivity index (χ1n) is 7.89. The minimum atomic E-state index is -0.205. The molecule has 0 fully saturated rings. The standard InChI is InChI=1S/C18H20N6O/c1-12-20-13(2)24(22-12)15-7-5-14(6-8-15)18(25)21-17-10-9-16(11-19-17)23(3)4/h5-11H,1-4H3,(H,19,21,25). The fourth-order valence-electron chi connectivity index (χ4n) is 2.43. The zero-order valence-corrected chi connectivity index (χ0v) is 14.7. The normalized spacial score (nSPS) is 10.6. The molecule has 0 saturated carbocycles. The number of pyridine rings is 1. The van der Waals surface area contributed by atoms with E-state index in [1.807, 2.05) is 51.0 Å². The van der Waals surface area contributed by atoms with Gasteiger partial charge in [0.2, 0.25) is 0 Å². The van der Waals surface area contributed by atoms with Gasteiger partial charge in [0.05, 0.1) is 17.6 Å². The van der Waals surface area contributed by atoms with Gasteiger partial charge in [-0.1, -0.05) is 0 Å². The van der Waals surface area contributed by atoms with Crippen LogP contribution in [0.25, 0.3) is 5.69 Å². The van der Waals surface area contributed by atoms with Crippen LogP contribution in [0.2, 0.25) is 0 Å². The molecule has 0 aliphatic carbocycles. The summed E-state index contributed by atoms with van der Waals surface area (Å²) >= 11 is 0. The summed E-state index contributed by atoms with van der Waals surface area (Å²) in [4.78, 5) is 22.8. The topological polar surface area (TPSA) is 75.9 Å². The molecule has 1 aromatic carbocycles. The highest BCUT2D eigenvalue weighted by molar-refractivity contribution is 6.03. The molecule has 0 unspecified atom stereocenters. The number of nitrogens with zero attached hydrogens (tertiary/aromatic N) is 5. The van der Waals surface area contributed by atoms with Gasteiger partial charge in [-0.2, -0.15) is 5.10 Å². The van der Waals surface area contributed by atoms with Crippen molar-refractivity contribution in [2.75, 3.05) is 24.3 Å². The molecular formula is C18H20N6O. The van der Waals surface area contributed by atoms with Crippen LogP contribution in [0.3, 0.4) is 0 Å². The summed E-state index contributed by atoms with van der Waals surface area (Å²) in [7, 11) is 3.88. The van der Waals surface area contributed by atoms with E-state index in [0.717, 1.165) is 17.2 Å². The van der Waals surface area contributed by atoms with Crippen molar-refractivity contribution in [1.82, 2.24) is 19.7 Å². The number of aryl methyl sites for hydroxylation is 2. The van der Waals surface area contributed by atoms with Crippen LogP contribution in [0, 0.1) is 13.8 Å². The second-order valence-corrected chi connectivity index (χ2v) is 5.92. The highest BCUT2D eigenvalue weighted by Gasteiger charge is 2.09. The third kappa shape index (κ3) is 3.65. The number of nitrogens with one attached hydrogen (secondary N) is 1. The van der Waals surface area contributed by atoms with Gasteiger partial charge in [-0.15, -0.1) is 0 Å². The number of amides is 1. The Labute approximate surface area is 146 Å². The Morgan fingerprint density at radius 1 is 1.08 bits per heavy atom. The minimum Gasteiger partial charge on any atom is -0.376 e. The molecular weight excluding hydrogens is 316 g/mol. The van der Waals surface area contributed by atoms with Crippen molar-refractivity contribution in [2.45, 2.75) is 13.8 Å². The van der Waals surface area contributed by atoms with E-state index in [-0.39, 0.29) is 5.91 Å². The molecule has 2 aromatic heterocycles. The fraction of sp³-hybridized carbons (Fsp3) is 0.222. The maximum atomic E-state index is 12.4. The number of rotatable bonds is 4. The van der Waals surface area contributed by atoms with E-state index in [1.165, 1.54) is 0 Å². The van der Waals surface area contributed by atoms with Crippen molar-refractivity contribution in [3.8, 4) is 5.69 Å². The molecule has 0 atom stereocenters. The molecule has 2 heterocycles. The van der Waals surface area contributed by atoms with E-state index in [9.17, 15) is 4.79 Å². The highest BCUT2D eigenvalue weighted by atomic mass is 16.1. The summed E-state index contributed by atoms with van der Waals surface area (Å²) < 4.78 is 1.75. The third-order valence-corrected chi connectivity index (χ3v) is 3.75. The van der Waals surface area contributed by atoms with Gasteiger partial charge < -0.3 is 10.2 Å². The summed E-state index contributed by atoms with van der Waals surface area (Å²) in [6.45, 7) is 3.74. The third-order valence-electron chi connectivity index (χ3n) is 3.75. The average Bonchev–Trinajstić information content (AvgIpc) is 2.94. The monoisotopic (exact) mass is 336 g/mol. The Kier molecular flexibility index (Phi) is 4.47. The van der Waals surface area contributed by atoms with Crippen LogP contribution < -0.4 is 10.2 Å². The smallest absolute Gasteiger partial charge is 0.256 e. The molecule has 0 spiro atoms. The largest absolute Gasteiger partial charge is 0.376 e. The highest BCUT2D eigenvalue weighted by Crippen LogP contribution is 2.15. The molecule has 0 bridgehead atoms. The Morgan fingerprint density at radius 3 is 2.32 bits per heavy atom. The second kappa shape index (κ2) is 6.72. The van der Waals surface area contributed by atoms with Crippen molar-refractivity contribution in [3.63, 3.8) is 0 Å². The fourth-order valence-corrected chi connectivity index (χ4v) is 2.43. The first kappa shape index (κ1) is 16.6. The lowest BCUT2D eigenvalue weighted by atomic mass is 10.2. The maximum absolute atomic E-state index is 12.4. The van der Waals surface area contributed by atoms with E-state index >= 15 is 0 Å². The van der Waals surface area contributed by atoms with Crippen molar-refractivity contribution < 1.29 is 4.79 Å². The lowest BCUT2D eigenvalue weighted by molar-refractivity contribution is 0.102. The number of benzene rings is 1. The molecule has 1 N–H and O–H groups in total. The van der Waals surface area contributed by atoms with Crippen molar-refractivity contribution in [3.05, 3.63) is 59.8 Å². The van der Waals surface area contributed by atoms with Crippen LogP contribution in [-0.4, -0.2) is 39.8 Å². The molecule has 1 amide bonds. The van der Waals surface area contributed by atoms with E-state index in [1.54, 1.807) is 29.1 Å². The number of anilines is 2. The van der Waals surface area contributed by atoms with Gasteiger partial charge in [0.1, 0.15) is 17.5 Å². The first-order chi connectivity index (χ1) is 11.9. The molecule has 0 aliphatic heterocycles. The maximum Gasteiger partial charge on any atom is 0.256 e. The van der Waals surface area contributed by atoms with E-state index in [2.05, 4.69) is 20.4 Å². The molecule has 0 radical (unpaired) electrons. The molecule has 25 heavy (non-hydrogen) atoms. The molecule has 0 saturated heterocycles. The molecule has 3 aromatic rings. The lowest BCUT2D eigenvalue weighted by Gasteiger charge is -2.12. The number of hydrogen-bond donors (Lipinski definition) is 1. The Hall–Kier alpha value is -3.22. The summed E-state index contributed by atoms with van der Waals surface area (Å²) in [6.07, 6.45) is 1.72. The zero-order chi connectivity index (χ0) is 18.0. The van der Waals surface area contributed by atoms with Gasteiger partial charge in [-0.05, 0) is 50.2 Å². The number of hydrogen-bond acceptors (Lipinski definition) is 5. The predicted molar refractivity (Wildman–Crippen MR) is 97.4 cm³/mol. The summed E-state index contributed by atoms with van der Waals surface area (Å²) in [5, 5.41) is 7.13. The average molecular weight is 336 g/mol. The van der Waals surface area contributed by atoms with Gasteiger partial charge in [-0.3, -0.25) is 4.79 Å². The van der Waals surface area contributed by atoms with Crippen LogP contribution in [0.1, 0.15) is 22.0 Å². The first-order valence-corrected chi connectivity index (χ1v) is 7.89. The second-order valence-electron chi connectivity index (χ2n) is 5.92. The molecule has 7 heteroatoms.